The third-order valence-corrected chi connectivity index (χ3v) is 2.32. The molecule has 0 amide bonds. The first kappa shape index (κ1) is 7.67. The average Bonchev–Trinajstić information content (AvgIpc) is 2.35. The van der Waals surface area contributed by atoms with E-state index >= 15 is 0 Å². The predicted octanol–water partition coefficient (Wildman–Crippen LogP) is 0.117. The molecule has 0 aromatic carbocycles. The fourth-order valence-corrected chi connectivity index (χ4v) is 1.40. The zero-order chi connectivity index (χ0) is 8.39. The monoisotopic (exact) mass is 167 g/mol. The molecule has 1 aliphatic carbocycles. The average molecular weight is 167 g/mol. The number of nitrogens with one attached hydrogen (secondary N) is 1. The van der Waals surface area contributed by atoms with Gasteiger partial charge < -0.3 is 5.32 Å². The van der Waals surface area contributed by atoms with Crippen LogP contribution < -0.4 is 5.32 Å². The molecule has 1 N–H and O–H groups in total. The first-order valence-corrected chi connectivity index (χ1v) is 4.33. The van der Waals surface area contributed by atoms with Crippen LogP contribution in [0.15, 0.2) is 0 Å². The molecule has 1 aliphatic rings. The van der Waals surface area contributed by atoms with Gasteiger partial charge in [0, 0.05) is 0 Å². The maximum absolute atomic E-state index is 3.97. The Balaban J connectivity index is 2.12. The lowest BCUT2D eigenvalue weighted by Crippen LogP contribution is -2.22. The van der Waals surface area contributed by atoms with Crippen molar-refractivity contribution in [1.29, 1.82) is 0 Å². The molecule has 1 heterocycles. The highest BCUT2D eigenvalue weighted by molar-refractivity contribution is 4.86. The van der Waals surface area contributed by atoms with Crippen LogP contribution in [0.4, 0.5) is 0 Å². The molecule has 66 valence electrons. The fourth-order valence-electron chi connectivity index (χ4n) is 1.40. The van der Waals surface area contributed by atoms with Gasteiger partial charge in [-0.3, -0.25) is 0 Å². The lowest BCUT2D eigenvalue weighted by atomic mass is 9.93. The van der Waals surface area contributed by atoms with Crippen LogP contribution in [-0.4, -0.2) is 27.3 Å². The molecule has 5 heteroatoms. The highest BCUT2D eigenvalue weighted by Crippen LogP contribution is 2.30. The molecular formula is C7H13N5. The van der Waals surface area contributed by atoms with Gasteiger partial charge in [0.1, 0.15) is 0 Å². The summed E-state index contributed by atoms with van der Waals surface area (Å²) in [5, 5.41) is 14.6. The number of nitrogens with zero attached hydrogens (tertiary/aromatic N) is 4. The topological polar surface area (TPSA) is 55.6 Å². The number of aromatic nitrogens is 4. The molecular weight excluding hydrogens is 154 g/mol. The number of tetrazole rings is 1. The Kier molecular flexibility index (Phi) is 2.03. The molecule has 1 saturated carbocycles. The van der Waals surface area contributed by atoms with Gasteiger partial charge in [0.2, 0.25) is 0 Å². The van der Waals surface area contributed by atoms with Crippen molar-refractivity contribution in [2.24, 2.45) is 0 Å². The Hall–Kier alpha value is -0.970. The zero-order valence-corrected chi connectivity index (χ0v) is 7.19. The van der Waals surface area contributed by atoms with E-state index in [0.29, 0.717) is 6.04 Å². The van der Waals surface area contributed by atoms with Crippen molar-refractivity contribution < 1.29 is 0 Å². The summed E-state index contributed by atoms with van der Waals surface area (Å²) in [5.74, 6) is 0.946. The third kappa shape index (κ3) is 1.20. The van der Waals surface area contributed by atoms with E-state index in [0.717, 1.165) is 12.4 Å². The molecule has 0 aliphatic heterocycles. The second-order valence-electron chi connectivity index (χ2n) is 3.15. The van der Waals surface area contributed by atoms with Crippen LogP contribution in [0.25, 0.3) is 0 Å². The van der Waals surface area contributed by atoms with Crippen molar-refractivity contribution in [2.45, 2.75) is 31.8 Å². The Morgan fingerprint density at radius 1 is 1.58 bits per heavy atom. The van der Waals surface area contributed by atoms with Gasteiger partial charge in [0.15, 0.2) is 5.82 Å². The molecule has 0 saturated heterocycles. The molecule has 5 nitrogen and oxygen atoms in total. The van der Waals surface area contributed by atoms with Crippen LogP contribution in [0.5, 0.6) is 0 Å². The standard InChI is InChI=1S/C7H13N5/c1-8-5-7-9-10-11-12(7)6-3-2-4-6/h6,8H,2-5H2,1H3. The summed E-state index contributed by atoms with van der Waals surface area (Å²) < 4.78 is 1.94. The van der Waals surface area contributed by atoms with Gasteiger partial charge in [-0.2, -0.15) is 0 Å². The normalized spacial score (nSPS) is 17.8. The van der Waals surface area contributed by atoms with Gasteiger partial charge in [0.05, 0.1) is 12.6 Å². The predicted molar refractivity (Wildman–Crippen MR) is 43.5 cm³/mol. The van der Waals surface area contributed by atoms with Gasteiger partial charge in [-0.05, 0) is 36.7 Å². The summed E-state index contributed by atoms with van der Waals surface area (Å²) in [4.78, 5) is 0. The van der Waals surface area contributed by atoms with E-state index in [9.17, 15) is 0 Å². The van der Waals surface area contributed by atoms with E-state index in [1.165, 1.54) is 19.3 Å². The van der Waals surface area contributed by atoms with Crippen LogP contribution in [0.3, 0.4) is 0 Å². The van der Waals surface area contributed by atoms with Gasteiger partial charge in [-0.1, -0.05) is 0 Å². The highest BCUT2D eigenvalue weighted by Gasteiger charge is 2.22. The summed E-state index contributed by atoms with van der Waals surface area (Å²) in [7, 11) is 1.90. The van der Waals surface area contributed by atoms with Gasteiger partial charge in [0.25, 0.3) is 0 Å². The first-order valence-electron chi connectivity index (χ1n) is 4.33. The third-order valence-electron chi connectivity index (χ3n) is 2.32. The fraction of sp³-hybridized carbons (Fsp3) is 0.857. The molecule has 2 rings (SSSR count). The largest absolute Gasteiger partial charge is 0.313 e. The van der Waals surface area contributed by atoms with Crippen LogP contribution in [-0.2, 0) is 6.54 Å². The van der Waals surface area contributed by atoms with Crippen LogP contribution in [0, 0.1) is 0 Å². The van der Waals surface area contributed by atoms with E-state index in [4.69, 9.17) is 0 Å². The second-order valence-corrected chi connectivity index (χ2v) is 3.15. The van der Waals surface area contributed by atoms with Crippen LogP contribution in [0.2, 0.25) is 0 Å². The summed E-state index contributed by atoms with van der Waals surface area (Å²) in [6, 6.07) is 0.559. The Morgan fingerprint density at radius 2 is 2.42 bits per heavy atom. The Labute approximate surface area is 71.1 Å². The van der Waals surface area contributed by atoms with Crippen molar-refractivity contribution >= 4 is 0 Å². The van der Waals surface area contributed by atoms with E-state index in [-0.39, 0.29) is 0 Å². The van der Waals surface area contributed by atoms with Crippen molar-refractivity contribution in [3.63, 3.8) is 0 Å². The first-order chi connectivity index (χ1) is 5.92. The van der Waals surface area contributed by atoms with Crippen molar-refractivity contribution in [2.75, 3.05) is 7.05 Å². The molecule has 0 spiro atoms. The SMILES string of the molecule is CNCc1nnnn1C1CCC1. The zero-order valence-electron chi connectivity index (χ0n) is 7.19. The summed E-state index contributed by atoms with van der Waals surface area (Å²) >= 11 is 0. The molecule has 12 heavy (non-hydrogen) atoms. The summed E-state index contributed by atoms with van der Waals surface area (Å²) in [6.45, 7) is 0.753. The van der Waals surface area contributed by atoms with Gasteiger partial charge in [-0.25, -0.2) is 4.68 Å². The lowest BCUT2D eigenvalue weighted by molar-refractivity contribution is 0.276. The van der Waals surface area contributed by atoms with E-state index < -0.39 is 0 Å². The molecule has 0 radical (unpaired) electrons. The quantitative estimate of drug-likeness (QED) is 0.694. The van der Waals surface area contributed by atoms with Crippen molar-refractivity contribution in [1.82, 2.24) is 25.5 Å². The minimum absolute atomic E-state index is 0.559. The molecule has 0 unspecified atom stereocenters. The summed E-state index contributed by atoms with van der Waals surface area (Å²) in [6.07, 6.45) is 3.76. The van der Waals surface area contributed by atoms with E-state index in [1.54, 1.807) is 0 Å². The second kappa shape index (κ2) is 3.18. The Morgan fingerprint density at radius 3 is 3.00 bits per heavy atom. The van der Waals surface area contributed by atoms with Crippen molar-refractivity contribution in [3.05, 3.63) is 5.82 Å². The maximum Gasteiger partial charge on any atom is 0.165 e. The van der Waals surface area contributed by atoms with Crippen LogP contribution in [0.1, 0.15) is 31.1 Å². The smallest absolute Gasteiger partial charge is 0.165 e. The summed E-state index contributed by atoms with van der Waals surface area (Å²) in [5.41, 5.74) is 0. The molecule has 1 aromatic rings. The molecule has 0 bridgehead atoms. The molecule has 1 fully saturated rings. The Bertz CT molecular complexity index is 252. The van der Waals surface area contributed by atoms with Crippen molar-refractivity contribution in [3.8, 4) is 0 Å². The number of rotatable bonds is 3. The molecule has 0 atom stereocenters. The maximum atomic E-state index is 3.97. The van der Waals surface area contributed by atoms with Gasteiger partial charge >= 0.3 is 0 Å². The number of hydrogen-bond acceptors (Lipinski definition) is 4. The highest BCUT2D eigenvalue weighted by atomic mass is 15.6. The minimum atomic E-state index is 0.559. The number of hydrogen-bond donors (Lipinski definition) is 1. The van der Waals surface area contributed by atoms with Gasteiger partial charge in [-0.15, -0.1) is 5.10 Å². The minimum Gasteiger partial charge on any atom is -0.313 e. The lowest BCUT2D eigenvalue weighted by Gasteiger charge is -2.25. The molecule has 1 aromatic heterocycles. The van der Waals surface area contributed by atoms with E-state index in [1.807, 2.05) is 11.7 Å². The van der Waals surface area contributed by atoms with Crippen LogP contribution >= 0.6 is 0 Å². The van der Waals surface area contributed by atoms with E-state index in [2.05, 4.69) is 20.8 Å².